The van der Waals surface area contributed by atoms with E-state index in [0.29, 0.717) is 36.4 Å². The number of carbonyl (C=O) groups is 1. The number of benzene rings is 1. The number of hydrogen-bond acceptors (Lipinski definition) is 5. The quantitative estimate of drug-likeness (QED) is 0.343. The second-order valence-corrected chi connectivity index (χ2v) is 10.8. The molecule has 0 amide bonds. The summed E-state index contributed by atoms with van der Waals surface area (Å²) in [5.41, 5.74) is 7.21. The summed E-state index contributed by atoms with van der Waals surface area (Å²) in [5, 5.41) is 17.4. The van der Waals surface area contributed by atoms with Gasteiger partial charge < -0.3 is 15.2 Å². The highest BCUT2D eigenvalue weighted by atomic mass is 16.5. The lowest BCUT2D eigenvalue weighted by Crippen LogP contribution is -2.27. The maximum absolute atomic E-state index is 11.6. The molecule has 2 aromatic heterocycles. The molecule has 1 atom stereocenters. The van der Waals surface area contributed by atoms with E-state index in [4.69, 9.17) is 9.72 Å². The number of ether oxygens (including phenoxy) is 1. The zero-order valence-corrected chi connectivity index (χ0v) is 23.4. The molecule has 1 fully saturated rings. The third-order valence-electron chi connectivity index (χ3n) is 8.41. The highest BCUT2D eigenvalue weighted by Gasteiger charge is 2.24. The van der Waals surface area contributed by atoms with E-state index in [9.17, 15) is 9.90 Å². The Morgan fingerprint density at radius 3 is 2.69 bits per heavy atom. The summed E-state index contributed by atoms with van der Waals surface area (Å²) in [6.07, 6.45) is 8.58. The molecule has 3 heterocycles. The maximum Gasteiger partial charge on any atom is 0.339 e. The van der Waals surface area contributed by atoms with Crippen molar-refractivity contribution in [1.82, 2.24) is 20.1 Å². The summed E-state index contributed by atoms with van der Waals surface area (Å²) in [6, 6.07) is 12.6. The molecule has 0 bridgehead atoms. The maximum atomic E-state index is 11.6. The van der Waals surface area contributed by atoms with Crippen molar-refractivity contribution in [2.45, 2.75) is 71.6 Å². The Kier molecular flexibility index (Phi) is 8.46. The minimum Gasteiger partial charge on any atom is -0.489 e. The van der Waals surface area contributed by atoms with Crippen LogP contribution in [0.15, 0.2) is 48.2 Å². The summed E-state index contributed by atoms with van der Waals surface area (Å²) in [6.45, 7) is 9.18. The van der Waals surface area contributed by atoms with Crippen molar-refractivity contribution in [2.24, 2.45) is 5.92 Å². The van der Waals surface area contributed by atoms with Crippen LogP contribution in [0.5, 0.6) is 5.75 Å². The first kappa shape index (κ1) is 27.1. The van der Waals surface area contributed by atoms with Crippen LogP contribution in [0, 0.1) is 5.92 Å². The van der Waals surface area contributed by atoms with E-state index in [1.807, 2.05) is 25.1 Å². The molecule has 1 unspecified atom stereocenters. The van der Waals surface area contributed by atoms with Crippen LogP contribution in [-0.2, 0) is 12.8 Å². The number of aromatic carboxylic acids is 1. The molecule has 2 aliphatic rings. The summed E-state index contributed by atoms with van der Waals surface area (Å²) in [4.78, 5) is 16.6. The number of rotatable bonds is 9. The number of piperidine rings is 1. The molecule has 1 saturated heterocycles. The number of pyridine rings is 1. The number of aryl methyl sites for hydroxylation is 1. The molecule has 1 aliphatic heterocycles. The van der Waals surface area contributed by atoms with E-state index >= 15 is 0 Å². The number of nitrogens with one attached hydrogen (secondary N) is 1. The van der Waals surface area contributed by atoms with Crippen molar-refractivity contribution in [3.05, 3.63) is 76.2 Å². The van der Waals surface area contributed by atoms with Gasteiger partial charge >= 0.3 is 5.97 Å². The molecule has 1 aliphatic carbocycles. The first-order valence-electron chi connectivity index (χ1n) is 14.5. The zero-order chi connectivity index (χ0) is 27.4. The second kappa shape index (κ2) is 12.2. The zero-order valence-electron chi connectivity index (χ0n) is 23.4. The third-order valence-corrected chi connectivity index (χ3v) is 8.41. The first-order chi connectivity index (χ1) is 19.0. The van der Waals surface area contributed by atoms with Crippen LogP contribution < -0.4 is 10.1 Å². The summed E-state index contributed by atoms with van der Waals surface area (Å²) in [7, 11) is 0. The minimum absolute atomic E-state index is 0.224. The SMILES string of the molecule is CCc1cc(OCC2=C(c3cccc(-n4ncc(C(=O)O)c4CC)n3)CCCC2C)ccc1C1CCNCC1. The lowest BCUT2D eigenvalue weighted by atomic mass is 9.82. The Morgan fingerprint density at radius 2 is 1.95 bits per heavy atom. The van der Waals surface area contributed by atoms with Gasteiger partial charge in [0.25, 0.3) is 0 Å². The van der Waals surface area contributed by atoms with Crippen LogP contribution in [0.3, 0.4) is 0 Å². The summed E-state index contributed by atoms with van der Waals surface area (Å²) in [5.74, 6) is 1.65. The molecule has 0 radical (unpaired) electrons. The van der Waals surface area contributed by atoms with Crippen LogP contribution >= 0.6 is 0 Å². The van der Waals surface area contributed by atoms with Crippen molar-refractivity contribution >= 4 is 11.5 Å². The average Bonchev–Trinajstić information content (AvgIpc) is 3.41. The number of allylic oxidation sites excluding steroid dienone is 1. The average molecular weight is 529 g/mol. The normalized spacial score (nSPS) is 18.4. The Balaban J connectivity index is 1.41. The van der Waals surface area contributed by atoms with Gasteiger partial charge in [-0.3, -0.25) is 0 Å². The molecule has 7 nitrogen and oxygen atoms in total. The topological polar surface area (TPSA) is 89.3 Å². The highest BCUT2D eigenvalue weighted by Crippen LogP contribution is 2.37. The van der Waals surface area contributed by atoms with Gasteiger partial charge in [-0.25, -0.2) is 14.5 Å². The first-order valence-corrected chi connectivity index (χ1v) is 14.5. The van der Waals surface area contributed by atoms with Crippen LogP contribution in [0.1, 0.15) is 91.7 Å². The standard InChI is InChI=1S/C32H40N4O3/c1-4-22-18-24(12-13-25(22)23-14-16-33-17-15-23)39-20-28-21(3)8-6-9-26(28)29-10-7-11-31(35-29)36-30(5-2)27(19-34-36)32(37)38/h7,10-13,18-19,21,23,33H,4-6,8-9,14-17,20H2,1-3H3,(H,37,38). The molecule has 1 aromatic carbocycles. The van der Waals surface area contributed by atoms with Gasteiger partial charge in [0.05, 0.1) is 17.6 Å². The Hall–Kier alpha value is -3.45. The number of hydrogen-bond donors (Lipinski definition) is 2. The van der Waals surface area contributed by atoms with Gasteiger partial charge in [-0.15, -0.1) is 0 Å². The van der Waals surface area contributed by atoms with Crippen molar-refractivity contribution in [3.8, 4) is 11.6 Å². The van der Waals surface area contributed by atoms with E-state index in [1.54, 1.807) is 4.68 Å². The van der Waals surface area contributed by atoms with Gasteiger partial charge in [0.1, 0.15) is 17.9 Å². The molecule has 5 rings (SSSR count). The van der Waals surface area contributed by atoms with Crippen LogP contribution in [0.2, 0.25) is 0 Å². The molecule has 3 aromatic rings. The van der Waals surface area contributed by atoms with Crippen molar-refractivity contribution in [1.29, 1.82) is 0 Å². The Morgan fingerprint density at radius 1 is 1.13 bits per heavy atom. The Bertz CT molecular complexity index is 1350. The fourth-order valence-electron chi connectivity index (χ4n) is 6.21. The fraction of sp³-hybridized carbons (Fsp3) is 0.469. The van der Waals surface area contributed by atoms with Crippen molar-refractivity contribution in [3.63, 3.8) is 0 Å². The summed E-state index contributed by atoms with van der Waals surface area (Å²) < 4.78 is 8.11. The van der Waals surface area contributed by atoms with Crippen LogP contribution in [0.25, 0.3) is 11.4 Å². The van der Waals surface area contributed by atoms with Gasteiger partial charge in [0.15, 0.2) is 5.82 Å². The van der Waals surface area contributed by atoms with E-state index in [0.717, 1.165) is 50.2 Å². The van der Waals surface area contributed by atoms with Crippen LogP contribution in [0.4, 0.5) is 0 Å². The van der Waals surface area contributed by atoms with Crippen LogP contribution in [-0.4, -0.2) is 45.5 Å². The molecule has 0 spiro atoms. The molecule has 2 N–H and O–H groups in total. The Labute approximate surface area is 231 Å². The second-order valence-electron chi connectivity index (χ2n) is 10.8. The summed E-state index contributed by atoms with van der Waals surface area (Å²) >= 11 is 0. The number of carboxylic acid groups (broad SMARTS) is 1. The lowest BCUT2D eigenvalue weighted by molar-refractivity contribution is 0.0695. The van der Waals surface area contributed by atoms with Gasteiger partial charge in [0, 0.05) is 0 Å². The van der Waals surface area contributed by atoms with Gasteiger partial charge in [-0.05, 0) is 116 Å². The molecule has 39 heavy (non-hydrogen) atoms. The minimum atomic E-state index is -0.965. The largest absolute Gasteiger partial charge is 0.489 e. The van der Waals surface area contributed by atoms with E-state index < -0.39 is 5.97 Å². The monoisotopic (exact) mass is 528 g/mol. The van der Waals surface area contributed by atoms with Gasteiger partial charge in [-0.2, -0.15) is 5.10 Å². The van der Waals surface area contributed by atoms with E-state index in [2.05, 4.69) is 42.5 Å². The number of carboxylic acids is 1. The third kappa shape index (κ3) is 5.78. The van der Waals surface area contributed by atoms with Gasteiger partial charge in [-0.1, -0.05) is 32.9 Å². The van der Waals surface area contributed by atoms with E-state index in [-0.39, 0.29) is 5.56 Å². The van der Waals surface area contributed by atoms with Crippen molar-refractivity contribution in [2.75, 3.05) is 19.7 Å². The van der Waals surface area contributed by atoms with Gasteiger partial charge in [0.2, 0.25) is 0 Å². The smallest absolute Gasteiger partial charge is 0.339 e. The molecule has 206 valence electrons. The number of nitrogens with zero attached hydrogens (tertiary/aromatic N) is 3. The molecular formula is C32H40N4O3. The van der Waals surface area contributed by atoms with Crippen molar-refractivity contribution < 1.29 is 14.6 Å². The van der Waals surface area contributed by atoms with E-state index in [1.165, 1.54) is 41.3 Å². The molecule has 0 saturated carbocycles. The highest BCUT2D eigenvalue weighted by molar-refractivity contribution is 5.88. The predicted octanol–water partition coefficient (Wildman–Crippen LogP) is 6.21. The molecule has 7 heteroatoms. The fourth-order valence-corrected chi connectivity index (χ4v) is 6.21. The number of aromatic nitrogens is 3. The molecular weight excluding hydrogens is 488 g/mol. The lowest BCUT2D eigenvalue weighted by Gasteiger charge is -2.27. The predicted molar refractivity (Wildman–Crippen MR) is 154 cm³/mol.